The molecular formula is C12H17NO3S. The van der Waals surface area contributed by atoms with E-state index in [2.05, 4.69) is 5.32 Å². The number of para-hydroxylation sites is 1. The number of carboxylic acids is 1. The number of phenols is 1. The molecule has 1 atom stereocenters. The quantitative estimate of drug-likeness (QED) is 0.691. The molecule has 0 saturated carbocycles. The highest BCUT2D eigenvalue weighted by Crippen LogP contribution is 2.15. The molecule has 0 heterocycles. The first kappa shape index (κ1) is 13.9. The number of thioether (sulfide) groups is 1. The molecular weight excluding hydrogens is 238 g/mol. The van der Waals surface area contributed by atoms with Crippen LogP contribution in [-0.4, -0.2) is 34.2 Å². The first-order valence-corrected chi connectivity index (χ1v) is 6.76. The molecule has 0 radical (unpaired) electrons. The molecule has 0 saturated heterocycles. The first-order chi connectivity index (χ1) is 8.15. The van der Waals surface area contributed by atoms with Gasteiger partial charge in [-0.3, -0.25) is 4.79 Å². The Labute approximate surface area is 105 Å². The third-order valence-electron chi connectivity index (χ3n) is 2.44. The van der Waals surface area contributed by atoms with E-state index in [1.54, 1.807) is 30.0 Å². The smallest absolute Gasteiger partial charge is 0.320 e. The van der Waals surface area contributed by atoms with Gasteiger partial charge in [0.2, 0.25) is 0 Å². The van der Waals surface area contributed by atoms with Crippen molar-refractivity contribution in [1.82, 2.24) is 5.32 Å². The van der Waals surface area contributed by atoms with Crippen molar-refractivity contribution in [2.75, 3.05) is 12.0 Å². The van der Waals surface area contributed by atoms with Crippen molar-refractivity contribution < 1.29 is 15.0 Å². The van der Waals surface area contributed by atoms with Crippen molar-refractivity contribution in [3.63, 3.8) is 0 Å². The molecule has 1 rings (SSSR count). The number of nitrogens with one attached hydrogen (secondary N) is 1. The predicted octanol–water partition coefficient (Wildman–Crippen LogP) is 1.69. The van der Waals surface area contributed by atoms with Gasteiger partial charge in [0.1, 0.15) is 11.8 Å². The lowest BCUT2D eigenvalue weighted by atomic mass is 10.1. The van der Waals surface area contributed by atoms with Crippen LogP contribution in [0.3, 0.4) is 0 Å². The summed E-state index contributed by atoms with van der Waals surface area (Å²) in [6, 6.07) is 6.35. The summed E-state index contributed by atoms with van der Waals surface area (Å²) in [5, 5.41) is 21.5. The molecule has 1 aromatic carbocycles. The van der Waals surface area contributed by atoms with Crippen LogP contribution in [-0.2, 0) is 11.3 Å². The Morgan fingerprint density at radius 1 is 1.47 bits per heavy atom. The van der Waals surface area contributed by atoms with E-state index in [-0.39, 0.29) is 5.75 Å². The second-order valence-corrected chi connectivity index (χ2v) is 4.67. The zero-order valence-electron chi connectivity index (χ0n) is 9.72. The molecule has 4 nitrogen and oxygen atoms in total. The molecule has 0 fully saturated rings. The van der Waals surface area contributed by atoms with E-state index >= 15 is 0 Å². The number of carboxylic acid groups (broad SMARTS) is 1. The highest BCUT2D eigenvalue weighted by atomic mass is 32.2. The molecule has 0 aromatic heterocycles. The average Bonchev–Trinajstić information content (AvgIpc) is 2.31. The standard InChI is InChI=1S/C12H17NO3S/c1-17-7-6-10(12(15)16)13-8-9-4-2-3-5-11(9)14/h2-5,10,13-14H,6-8H2,1H3,(H,15,16). The highest BCUT2D eigenvalue weighted by Gasteiger charge is 2.16. The number of aromatic hydroxyl groups is 1. The van der Waals surface area contributed by atoms with Crippen LogP contribution in [0.5, 0.6) is 5.75 Å². The largest absolute Gasteiger partial charge is 0.508 e. The van der Waals surface area contributed by atoms with Crippen LogP contribution < -0.4 is 5.32 Å². The molecule has 0 aliphatic rings. The Morgan fingerprint density at radius 2 is 2.18 bits per heavy atom. The molecule has 1 unspecified atom stereocenters. The summed E-state index contributed by atoms with van der Waals surface area (Å²) in [7, 11) is 0. The van der Waals surface area contributed by atoms with Crippen LogP contribution >= 0.6 is 11.8 Å². The van der Waals surface area contributed by atoms with Crippen LogP contribution in [0.1, 0.15) is 12.0 Å². The van der Waals surface area contributed by atoms with Crippen LogP contribution in [0, 0.1) is 0 Å². The second kappa shape index (κ2) is 7.19. The molecule has 0 spiro atoms. The summed E-state index contributed by atoms with van der Waals surface area (Å²) >= 11 is 1.62. The molecule has 17 heavy (non-hydrogen) atoms. The number of aliphatic carboxylic acids is 1. The van der Waals surface area contributed by atoms with Gasteiger partial charge >= 0.3 is 5.97 Å². The summed E-state index contributed by atoms with van der Waals surface area (Å²) in [5.74, 6) is 0.133. The summed E-state index contributed by atoms with van der Waals surface area (Å²) < 4.78 is 0. The lowest BCUT2D eigenvalue weighted by molar-refractivity contribution is -0.139. The minimum Gasteiger partial charge on any atom is -0.508 e. The zero-order chi connectivity index (χ0) is 12.7. The van der Waals surface area contributed by atoms with Gasteiger partial charge in [-0.1, -0.05) is 18.2 Å². The summed E-state index contributed by atoms with van der Waals surface area (Å²) in [4.78, 5) is 11.0. The van der Waals surface area contributed by atoms with Crippen molar-refractivity contribution in [2.45, 2.75) is 19.0 Å². The highest BCUT2D eigenvalue weighted by molar-refractivity contribution is 7.98. The van der Waals surface area contributed by atoms with Crippen molar-refractivity contribution >= 4 is 17.7 Å². The monoisotopic (exact) mass is 255 g/mol. The van der Waals surface area contributed by atoms with Crippen molar-refractivity contribution in [3.05, 3.63) is 29.8 Å². The van der Waals surface area contributed by atoms with Gasteiger partial charge in [-0.05, 0) is 24.5 Å². The topological polar surface area (TPSA) is 69.6 Å². The number of phenolic OH excluding ortho intramolecular Hbond substituents is 1. The Morgan fingerprint density at radius 3 is 2.76 bits per heavy atom. The van der Waals surface area contributed by atoms with Gasteiger partial charge in [-0.15, -0.1) is 0 Å². The Hall–Kier alpha value is -1.20. The maximum atomic E-state index is 11.0. The van der Waals surface area contributed by atoms with Crippen LogP contribution in [0.15, 0.2) is 24.3 Å². The van der Waals surface area contributed by atoms with Crippen molar-refractivity contribution in [3.8, 4) is 5.75 Å². The Kier molecular flexibility index (Phi) is 5.86. The van der Waals surface area contributed by atoms with Gasteiger partial charge in [-0.2, -0.15) is 11.8 Å². The van der Waals surface area contributed by atoms with Gasteiger partial charge in [0.25, 0.3) is 0 Å². The third kappa shape index (κ3) is 4.66. The molecule has 0 aliphatic heterocycles. The second-order valence-electron chi connectivity index (χ2n) is 3.68. The number of rotatable bonds is 7. The lowest BCUT2D eigenvalue weighted by Crippen LogP contribution is -2.36. The molecule has 0 aliphatic carbocycles. The van der Waals surface area contributed by atoms with Gasteiger partial charge in [-0.25, -0.2) is 0 Å². The normalized spacial score (nSPS) is 12.3. The van der Waals surface area contributed by atoms with Crippen molar-refractivity contribution in [2.24, 2.45) is 0 Å². The third-order valence-corrected chi connectivity index (χ3v) is 3.08. The van der Waals surface area contributed by atoms with Crippen LogP contribution in [0.25, 0.3) is 0 Å². The molecule has 5 heteroatoms. The average molecular weight is 255 g/mol. The van der Waals surface area contributed by atoms with E-state index < -0.39 is 12.0 Å². The van der Waals surface area contributed by atoms with E-state index in [9.17, 15) is 9.90 Å². The van der Waals surface area contributed by atoms with Crippen molar-refractivity contribution in [1.29, 1.82) is 0 Å². The van der Waals surface area contributed by atoms with Gasteiger partial charge < -0.3 is 15.5 Å². The Balaban J connectivity index is 2.52. The number of benzene rings is 1. The van der Waals surface area contributed by atoms with E-state index in [1.165, 1.54) is 0 Å². The first-order valence-electron chi connectivity index (χ1n) is 5.37. The van der Waals surface area contributed by atoms with Gasteiger partial charge in [0.15, 0.2) is 0 Å². The van der Waals surface area contributed by atoms with Gasteiger partial charge in [0.05, 0.1) is 0 Å². The minimum absolute atomic E-state index is 0.189. The Bertz CT molecular complexity index is 371. The van der Waals surface area contributed by atoms with E-state index in [4.69, 9.17) is 5.11 Å². The molecule has 3 N–H and O–H groups in total. The summed E-state index contributed by atoms with van der Waals surface area (Å²) in [5.41, 5.74) is 0.711. The predicted molar refractivity (Wildman–Crippen MR) is 69.4 cm³/mol. The van der Waals surface area contributed by atoms with E-state index in [0.717, 1.165) is 5.75 Å². The fraction of sp³-hybridized carbons (Fsp3) is 0.417. The maximum absolute atomic E-state index is 11.0. The number of carbonyl (C=O) groups is 1. The molecule has 1 aromatic rings. The van der Waals surface area contributed by atoms with Crippen LogP contribution in [0.4, 0.5) is 0 Å². The lowest BCUT2D eigenvalue weighted by Gasteiger charge is -2.14. The molecule has 94 valence electrons. The van der Waals surface area contributed by atoms with Gasteiger partial charge in [0, 0.05) is 12.1 Å². The van der Waals surface area contributed by atoms with Crippen LogP contribution in [0.2, 0.25) is 0 Å². The molecule has 0 amide bonds. The van der Waals surface area contributed by atoms with E-state index in [1.807, 2.05) is 12.3 Å². The maximum Gasteiger partial charge on any atom is 0.320 e. The summed E-state index contributed by atoms with van der Waals surface area (Å²) in [6.07, 6.45) is 2.52. The number of hydrogen-bond donors (Lipinski definition) is 3. The fourth-order valence-electron chi connectivity index (χ4n) is 1.44. The number of hydrogen-bond acceptors (Lipinski definition) is 4. The summed E-state index contributed by atoms with van der Waals surface area (Å²) in [6.45, 7) is 0.359. The zero-order valence-corrected chi connectivity index (χ0v) is 10.5. The van der Waals surface area contributed by atoms with E-state index in [0.29, 0.717) is 18.5 Å². The molecule has 0 bridgehead atoms. The minimum atomic E-state index is -0.852. The SMILES string of the molecule is CSCCC(NCc1ccccc1O)C(=O)O. The fourth-order valence-corrected chi connectivity index (χ4v) is 1.91.